The standard InChI is InChI=1S/C4H4O/c1-2-4-5-3-1/h1,3H2. The van der Waals surface area contributed by atoms with E-state index in [1.165, 1.54) is 0 Å². The largest absolute Gasteiger partial charge is 0.446 e. The fourth-order valence-electron chi connectivity index (χ4n) is 0.255. The summed E-state index contributed by atoms with van der Waals surface area (Å²) in [4.78, 5) is 0. The zero-order chi connectivity index (χ0) is 3.54. The molecule has 0 bridgehead atoms. The van der Waals surface area contributed by atoms with E-state index in [0.717, 1.165) is 13.0 Å². The summed E-state index contributed by atoms with van der Waals surface area (Å²) in [5.41, 5.74) is 0. The third-order valence-electron chi connectivity index (χ3n) is 0.473. The molecular formula is C4H4O. The Kier molecular flexibility index (Phi) is 0.510. The summed E-state index contributed by atoms with van der Waals surface area (Å²) in [7, 11) is 0. The van der Waals surface area contributed by atoms with Crippen LogP contribution in [0.4, 0.5) is 0 Å². The van der Waals surface area contributed by atoms with Crippen LogP contribution in [0.15, 0.2) is 0 Å². The molecule has 1 heterocycles. The molecule has 0 N–H and O–H groups in total. The minimum Gasteiger partial charge on any atom is -0.446 e. The Balaban J connectivity index is 2.42. The molecule has 1 aliphatic heterocycles. The van der Waals surface area contributed by atoms with Crippen molar-refractivity contribution >= 4 is 0 Å². The summed E-state index contributed by atoms with van der Waals surface area (Å²) in [6, 6.07) is 0. The van der Waals surface area contributed by atoms with Gasteiger partial charge in [-0.1, -0.05) is 5.92 Å². The average molecular weight is 68.1 g/mol. The number of hydrogen-bond donors (Lipinski definition) is 0. The first-order valence-corrected chi connectivity index (χ1v) is 1.60. The first-order valence-electron chi connectivity index (χ1n) is 1.60. The van der Waals surface area contributed by atoms with Gasteiger partial charge in [-0.25, -0.2) is 0 Å². The van der Waals surface area contributed by atoms with E-state index in [1.54, 1.807) is 0 Å². The van der Waals surface area contributed by atoms with Gasteiger partial charge >= 0.3 is 0 Å². The molecule has 5 heavy (non-hydrogen) atoms. The molecule has 0 aliphatic carbocycles. The zero-order valence-corrected chi connectivity index (χ0v) is 2.82. The molecule has 0 aromatic heterocycles. The van der Waals surface area contributed by atoms with Crippen LogP contribution in [-0.4, -0.2) is 6.61 Å². The van der Waals surface area contributed by atoms with Crippen molar-refractivity contribution in [1.29, 1.82) is 0 Å². The zero-order valence-electron chi connectivity index (χ0n) is 2.82. The van der Waals surface area contributed by atoms with Crippen molar-refractivity contribution in [1.82, 2.24) is 0 Å². The lowest BCUT2D eigenvalue weighted by molar-refractivity contribution is 0.304. The summed E-state index contributed by atoms with van der Waals surface area (Å²) in [5, 5.41) is 0. The van der Waals surface area contributed by atoms with Crippen molar-refractivity contribution in [2.75, 3.05) is 6.61 Å². The SMILES string of the molecule is C1#COCC1. The molecule has 1 heteroatoms. The van der Waals surface area contributed by atoms with Gasteiger partial charge in [0.15, 0.2) is 0 Å². The minimum absolute atomic E-state index is 0.778. The van der Waals surface area contributed by atoms with E-state index in [0.29, 0.717) is 0 Å². The van der Waals surface area contributed by atoms with E-state index in [9.17, 15) is 0 Å². The highest BCUT2D eigenvalue weighted by Gasteiger charge is 1.82. The van der Waals surface area contributed by atoms with Crippen molar-refractivity contribution in [3.8, 4) is 12.0 Å². The lowest BCUT2D eigenvalue weighted by atomic mass is 10.5. The van der Waals surface area contributed by atoms with Crippen molar-refractivity contribution in [2.24, 2.45) is 0 Å². The Bertz CT molecular complexity index is 67.4. The van der Waals surface area contributed by atoms with Crippen molar-refractivity contribution < 1.29 is 4.74 Å². The van der Waals surface area contributed by atoms with E-state index in [2.05, 4.69) is 16.8 Å². The summed E-state index contributed by atoms with van der Waals surface area (Å²) in [6.07, 6.45) is 3.39. The summed E-state index contributed by atoms with van der Waals surface area (Å²) in [5.74, 6) is 2.75. The Labute approximate surface area is 30.9 Å². The average Bonchev–Trinajstić information content (AvgIpc) is 1.76. The van der Waals surface area contributed by atoms with Crippen LogP contribution in [0, 0.1) is 12.0 Å². The fraction of sp³-hybridized carbons (Fsp3) is 0.500. The fourth-order valence-corrected chi connectivity index (χ4v) is 0.255. The predicted molar refractivity (Wildman–Crippen MR) is 18.3 cm³/mol. The van der Waals surface area contributed by atoms with E-state index in [4.69, 9.17) is 0 Å². The molecule has 0 atom stereocenters. The van der Waals surface area contributed by atoms with Crippen LogP contribution in [0.5, 0.6) is 0 Å². The molecular weight excluding hydrogens is 64.0 g/mol. The lowest BCUT2D eigenvalue weighted by Gasteiger charge is -1.76. The van der Waals surface area contributed by atoms with Crippen molar-refractivity contribution in [2.45, 2.75) is 6.42 Å². The predicted octanol–water partition coefficient (Wildman–Crippen LogP) is 0.368. The molecule has 1 rings (SSSR count). The second kappa shape index (κ2) is 0.984. The van der Waals surface area contributed by atoms with Gasteiger partial charge in [-0.15, -0.1) is 0 Å². The third kappa shape index (κ3) is 0.327. The highest BCUT2D eigenvalue weighted by molar-refractivity contribution is 4.95. The first kappa shape index (κ1) is 2.59. The van der Waals surface area contributed by atoms with Crippen LogP contribution in [0.3, 0.4) is 0 Å². The maximum atomic E-state index is 4.58. The van der Waals surface area contributed by atoms with Gasteiger partial charge in [-0.2, -0.15) is 0 Å². The molecule has 1 aliphatic rings. The third-order valence-corrected chi connectivity index (χ3v) is 0.473. The van der Waals surface area contributed by atoms with Crippen molar-refractivity contribution in [3.63, 3.8) is 0 Å². The summed E-state index contributed by atoms with van der Waals surface area (Å²) >= 11 is 0. The minimum atomic E-state index is 0.778. The molecule has 0 fully saturated rings. The van der Waals surface area contributed by atoms with Gasteiger partial charge in [-0.05, 0) is 0 Å². The summed E-state index contributed by atoms with van der Waals surface area (Å²) < 4.78 is 4.58. The molecule has 0 aromatic carbocycles. The summed E-state index contributed by atoms with van der Waals surface area (Å²) in [6.45, 7) is 0.778. The van der Waals surface area contributed by atoms with Crippen LogP contribution in [0.1, 0.15) is 6.42 Å². The highest BCUT2D eigenvalue weighted by atomic mass is 16.5. The van der Waals surface area contributed by atoms with Gasteiger partial charge in [-0.3, -0.25) is 0 Å². The molecule has 0 amide bonds. The molecule has 0 aromatic rings. The molecule has 0 saturated carbocycles. The smallest absolute Gasteiger partial charge is 0.111 e. The Hall–Kier alpha value is -0.640. The van der Waals surface area contributed by atoms with Gasteiger partial charge in [0.25, 0.3) is 0 Å². The topological polar surface area (TPSA) is 9.23 Å². The Morgan fingerprint density at radius 2 is 2.60 bits per heavy atom. The lowest BCUT2D eigenvalue weighted by Crippen LogP contribution is -1.72. The quantitative estimate of drug-likeness (QED) is 0.372. The van der Waals surface area contributed by atoms with E-state index in [1.807, 2.05) is 0 Å². The van der Waals surface area contributed by atoms with Crippen LogP contribution in [0.25, 0.3) is 0 Å². The second-order valence-electron chi connectivity index (χ2n) is 0.877. The number of hydrogen-bond acceptors (Lipinski definition) is 1. The van der Waals surface area contributed by atoms with Gasteiger partial charge < -0.3 is 4.74 Å². The molecule has 1 nitrogen and oxygen atoms in total. The second-order valence-corrected chi connectivity index (χ2v) is 0.877. The number of rotatable bonds is 0. The van der Waals surface area contributed by atoms with Gasteiger partial charge in [0.05, 0.1) is 0 Å². The van der Waals surface area contributed by atoms with Gasteiger partial charge in [0.2, 0.25) is 0 Å². The molecule has 26 valence electrons. The first-order chi connectivity index (χ1) is 2.50. The van der Waals surface area contributed by atoms with Crippen LogP contribution in [-0.2, 0) is 4.74 Å². The van der Waals surface area contributed by atoms with E-state index < -0.39 is 0 Å². The molecule has 0 radical (unpaired) electrons. The monoisotopic (exact) mass is 68.0 g/mol. The van der Waals surface area contributed by atoms with E-state index >= 15 is 0 Å². The van der Waals surface area contributed by atoms with E-state index in [-0.39, 0.29) is 0 Å². The van der Waals surface area contributed by atoms with Crippen molar-refractivity contribution in [3.05, 3.63) is 0 Å². The molecule has 0 unspecified atom stereocenters. The van der Waals surface area contributed by atoms with Crippen LogP contribution >= 0.6 is 0 Å². The Morgan fingerprint density at radius 3 is 2.80 bits per heavy atom. The van der Waals surface area contributed by atoms with Crippen LogP contribution in [0.2, 0.25) is 0 Å². The molecule has 0 spiro atoms. The normalized spacial score (nSPS) is 16.0. The maximum Gasteiger partial charge on any atom is 0.111 e. The van der Waals surface area contributed by atoms with Crippen LogP contribution < -0.4 is 0 Å². The maximum absolute atomic E-state index is 4.58. The number of ether oxygens (including phenoxy) is 1. The van der Waals surface area contributed by atoms with Gasteiger partial charge in [0, 0.05) is 6.42 Å². The Morgan fingerprint density at radius 1 is 1.60 bits per heavy atom. The van der Waals surface area contributed by atoms with Gasteiger partial charge in [0.1, 0.15) is 12.7 Å². The molecule has 0 saturated heterocycles. The highest BCUT2D eigenvalue weighted by Crippen LogP contribution is 1.83.